The van der Waals surface area contributed by atoms with Crippen molar-refractivity contribution in [3.05, 3.63) is 29.0 Å². The maximum Gasteiger partial charge on any atom is 0.0778 e. The van der Waals surface area contributed by atoms with Crippen molar-refractivity contribution in [2.24, 2.45) is 0 Å². The molecule has 0 amide bonds. The first kappa shape index (κ1) is 13.4. The third kappa shape index (κ3) is 3.17. The molecule has 1 heterocycles. The highest BCUT2D eigenvalue weighted by Crippen LogP contribution is 2.21. The van der Waals surface area contributed by atoms with Gasteiger partial charge < -0.3 is 10.1 Å². The number of nitrogens with one attached hydrogen (secondary N) is 1. The minimum atomic E-state index is -0.235. The summed E-state index contributed by atoms with van der Waals surface area (Å²) in [5.41, 5.74) is 0.850. The minimum absolute atomic E-state index is 0.206. The zero-order valence-electron chi connectivity index (χ0n) is 10.2. The number of aromatic nitrogens is 1. The van der Waals surface area contributed by atoms with Gasteiger partial charge in [0.2, 0.25) is 0 Å². The lowest BCUT2D eigenvalue weighted by molar-refractivity contribution is -0.00797. The van der Waals surface area contributed by atoms with E-state index in [9.17, 15) is 0 Å². The lowest BCUT2D eigenvalue weighted by Crippen LogP contribution is -2.48. The molecule has 1 unspecified atom stereocenters. The van der Waals surface area contributed by atoms with Crippen LogP contribution in [0.1, 0.15) is 19.4 Å². The van der Waals surface area contributed by atoms with Crippen LogP contribution in [0.4, 0.5) is 0 Å². The zero-order chi connectivity index (χ0) is 12.2. The second-order valence-corrected chi connectivity index (χ2v) is 4.73. The summed E-state index contributed by atoms with van der Waals surface area (Å²) in [6.45, 7) is 4.12. The van der Waals surface area contributed by atoms with Crippen LogP contribution in [0.3, 0.4) is 0 Å². The summed E-state index contributed by atoms with van der Waals surface area (Å²) in [4.78, 5) is 3.98. The Hall–Kier alpha value is -0.640. The summed E-state index contributed by atoms with van der Waals surface area (Å²) < 4.78 is 5.48. The first-order valence-corrected chi connectivity index (χ1v) is 5.70. The van der Waals surface area contributed by atoms with Crippen molar-refractivity contribution in [1.29, 1.82) is 0 Å². The van der Waals surface area contributed by atoms with Crippen LogP contribution < -0.4 is 5.32 Å². The van der Waals surface area contributed by atoms with E-state index < -0.39 is 0 Å². The monoisotopic (exact) mass is 242 g/mol. The van der Waals surface area contributed by atoms with Gasteiger partial charge in [-0.25, -0.2) is 0 Å². The molecule has 1 N–H and O–H groups in total. The number of nitrogens with zero attached hydrogens (tertiary/aromatic N) is 1. The van der Waals surface area contributed by atoms with E-state index in [2.05, 4.69) is 24.1 Å². The van der Waals surface area contributed by atoms with Crippen molar-refractivity contribution < 1.29 is 4.74 Å². The van der Waals surface area contributed by atoms with E-state index in [1.54, 1.807) is 19.5 Å². The van der Waals surface area contributed by atoms with E-state index >= 15 is 0 Å². The molecule has 0 aliphatic rings. The molecule has 0 radical (unpaired) electrons. The lowest BCUT2D eigenvalue weighted by atomic mass is 9.92. The molecular formula is C12H19ClN2O. The number of ether oxygens (including phenoxy) is 1. The summed E-state index contributed by atoms with van der Waals surface area (Å²) >= 11 is 6.09. The molecule has 0 saturated heterocycles. The maximum atomic E-state index is 6.09. The Balaban J connectivity index is 2.82. The predicted octanol–water partition coefficient (Wildman–Crippen LogP) is 2.29. The van der Waals surface area contributed by atoms with Crippen LogP contribution in [0.2, 0.25) is 5.02 Å². The quantitative estimate of drug-likeness (QED) is 0.860. The van der Waals surface area contributed by atoms with E-state index in [0.717, 1.165) is 12.0 Å². The normalized spacial score (nSPS) is 13.8. The smallest absolute Gasteiger partial charge is 0.0778 e. The molecule has 0 aliphatic carbocycles. The van der Waals surface area contributed by atoms with E-state index in [1.165, 1.54) is 0 Å². The molecule has 0 spiro atoms. The van der Waals surface area contributed by atoms with Crippen LogP contribution in [0.25, 0.3) is 0 Å². The van der Waals surface area contributed by atoms with Gasteiger partial charge in [0.15, 0.2) is 0 Å². The number of hydrogen-bond donors (Lipinski definition) is 1. The molecule has 16 heavy (non-hydrogen) atoms. The molecule has 4 heteroatoms. The second kappa shape index (κ2) is 5.62. The summed E-state index contributed by atoms with van der Waals surface area (Å²) in [6.07, 6.45) is 4.25. The average Bonchev–Trinajstić information content (AvgIpc) is 2.27. The third-order valence-corrected chi connectivity index (χ3v) is 3.33. The molecule has 1 aromatic heterocycles. The van der Waals surface area contributed by atoms with E-state index in [-0.39, 0.29) is 11.6 Å². The predicted molar refractivity (Wildman–Crippen MR) is 66.9 cm³/mol. The Morgan fingerprint density at radius 3 is 2.75 bits per heavy atom. The lowest BCUT2D eigenvalue weighted by Gasteiger charge is -2.33. The van der Waals surface area contributed by atoms with E-state index in [1.807, 2.05) is 13.1 Å². The summed E-state index contributed by atoms with van der Waals surface area (Å²) in [5.74, 6) is 0. The summed E-state index contributed by atoms with van der Waals surface area (Å²) in [6, 6.07) is 2.15. The van der Waals surface area contributed by atoms with Gasteiger partial charge in [-0.2, -0.15) is 0 Å². The van der Waals surface area contributed by atoms with Gasteiger partial charge >= 0.3 is 0 Å². The summed E-state index contributed by atoms with van der Waals surface area (Å²) in [7, 11) is 3.65. The van der Waals surface area contributed by atoms with Crippen LogP contribution in [-0.2, 0) is 11.2 Å². The number of likely N-dealkylation sites (N-methyl/N-ethyl adjacent to an activating group) is 1. The highest BCUT2D eigenvalue weighted by atomic mass is 35.5. The Labute approximate surface area is 102 Å². The number of rotatable bonds is 5. The fourth-order valence-electron chi connectivity index (χ4n) is 1.63. The van der Waals surface area contributed by atoms with Crippen LogP contribution >= 0.6 is 11.6 Å². The molecule has 1 atom stereocenters. The van der Waals surface area contributed by atoms with Crippen LogP contribution in [-0.4, -0.2) is 30.8 Å². The van der Waals surface area contributed by atoms with E-state index in [0.29, 0.717) is 5.02 Å². The number of pyridine rings is 1. The second-order valence-electron chi connectivity index (χ2n) is 4.32. The first-order valence-electron chi connectivity index (χ1n) is 5.32. The van der Waals surface area contributed by atoms with Crippen molar-refractivity contribution in [3.63, 3.8) is 0 Å². The van der Waals surface area contributed by atoms with Crippen molar-refractivity contribution in [3.8, 4) is 0 Å². The third-order valence-electron chi connectivity index (χ3n) is 2.99. The van der Waals surface area contributed by atoms with Crippen molar-refractivity contribution in [2.45, 2.75) is 31.9 Å². The van der Waals surface area contributed by atoms with E-state index in [4.69, 9.17) is 16.3 Å². The number of hydrogen-bond acceptors (Lipinski definition) is 3. The Kier molecular flexibility index (Phi) is 4.71. The maximum absolute atomic E-state index is 6.09. The average molecular weight is 243 g/mol. The molecule has 1 rings (SSSR count). The van der Waals surface area contributed by atoms with Gasteiger partial charge in [-0.3, -0.25) is 4.98 Å². The van der Waals surface area contributed by atoms with Gasteiger partial charge in [0, 0.05) is 25.5 Å². The van der Waals surface area contributed by atoms with Gasteiger partial charge in [0.25, 0.3) is 0 Å². The van der Waals surface area contributed by atoms with Crippen molar-refractivity contribution in [2.75, 3.05) is 14.2 Å². The molecule has 0 fully saturated rings. The first-order chi connectivity index (χ1) is 7.51. The highest BCUT2D eigenvalue weighted by molar-refractivity contribution is 6.31. The fourth-order valence-corrected chi connectivity index (χ4v) is 1.82. The minimum Gasteiger partial charge on any atom is -0.377 e. The molecular weight excluding hydrogens is 224 g/mol. The number of halogens is 1. The fraction of sp³-hybridized carbons (Fsp3) is 0.583. The van der Waals surface area contributed by atoms with Gasteiger partial charge in [0.1, 0.15) is 0 Å². The summed E-state index contributed by atoms with van der Waals surface area (Å²) in [5, 5.41) is 3.97. The van der Waals surface area contributed by atoms with Gasteiger partial charge in [-0.05, 0) is 38.9 Å². The Morgan fingerprint density at radius 2 is 2.25 bits per heavy atom. The molecule has 0 saturated carbocycles. The molecule has 1 aromatic rings. The van der Waals surface area contributed by atoms with Gasteiger partial charge in [-0.1, -0.05) is 11.6 Å². The largest absolute Gasteiger partial charge is 0.377 e. The van der Waals surface area contributed by atoms with Crippen LogP contribution in [0.15, 0.2) is 18.5 Å². The SMILES string of the molecule is CNC(Cc1ccncc1Cl)C(C)(C)OC. The Morgan fingerprint density at radius 1 is 1.56 bits per heavy atom. The number of methoxy groups -OCH3 is 1. The van der Waals surface area contributed by atoms with Crippen molar-refractivity contribution in [1.82, 2.24) is 10.3 Å². The highest BCUT2D eigenvalue weighted by Gasteiger charge is 2.28. The zero-order valence-corrected chi connectivity index (χ0v) is 11.0. The molecule has 3 nitrogen and oxygen atoms in total. The van der Waals surface area contributed by atoms with Gasteiger partial charge in [0.05, 0.1) is 10.6 Å². The standard InChI is InChI=1S/C12H19ClN2O/c1-12(2,16-4)11(14-3)7-9-5-6-15-8-10(9)13/h5-6,8,11,14H,7H2,1-4H3. The molecule has 0 bridgehead atoms. The Bertz CT molecular complexity index is 342. The molecule has 0 aromatic carbocycles. The van der Waals surface area contributed by atoms with Gasteiger partial charge in [-0.15, -0.1) is 0 Å². The van der Waals surface area contributed by atoms with Crippen LogP contribution in [0.5, 0.6) is 0 Å². The van der Waals surface area contributed by atoms with Crippen LogP contribution in [0, 0.1) is 0 Å². The topological polar surface area (TPSA) is 34.2 Å². The molecule has 90 valence electrons. The van der Waals surface area contributed by atoms with Crippen molar-refractivity contribution >= 4 is 11.6 Å². The molecule has 0 aliphatic heterocycles.